The van der Waals surface area contributed by atoms with Crippen LogP contribution in [0.3, 0.4) is 0 Å². The summed E-state index contributed by atoms with van der Waals surface area (Å²) in [6.07, 6.45) is 0.698. The van der Waals surface area contributed by atoms with E-state index in [0.29, 0.717) is 54.9 Å². The summed E-state index contributed by atoms with van der Waals surface area (Å²) in [6, 6.07) is 11.1. The first kappa shape index (κ1) is 29.5. The predicted molar refractivity (Wildman–Crippen MR) is 146 cm³/mol. The van der Waals surface area contributed by atoms with Crippen molar-refractivity contribution in [2.45, 2.75) is 39.0 Å². The van der Waals surface area contributed by atoms with Gasteiger partial charge < -0.3 is 38.6 Å². The molecule has 0 bridgehead atoms. The van der Waals surface area contributed by atoms with Crippen LogP contribution in [0.25, 0.3) is 0 Å². The second-order valence-electron chi connectivity index (χ2n) is 9.53. The molecule has 9 nitrogen and oxygen atoms in total. The van der Waals surface area contributed by atoms with E-state index >= 15 is 0 Å². The highest BCUT2D eigenvalue weighted by molar-refractivity contribution is 5.95. The summed E-state index contributed by atoms with van der Waals surface area (Å²) in [5, 5.41) is 3.42. The lowest BCUT2D eigenvalue weighted by molar-refractivity contribution is 0.0121. The number of nitrogens with zero attached hydrogens (tertiary/aromatic N) is 1. The van der Waals surface area contributed by atoms with E-state index in [9.17, 15) is 4.79 Å². The maximum atomic E-state index is 13.7. The lowest BCUT2D eigenvalue weighted by Crippen LogP contribution is -2.43. The van der Waals surface area contributed by atoms with Gasteiger partial charge >= 0.3 is 0 Å². The van der Waals surface area contributed by atoms with Gasteiger partial charge in [0.05, 0.1) is 40.6 Å². The minimum Gasteiger partial charge on any atom is -0.493 e. The quantitative estimate of drug-likeness (QED) is 0.348. The van der Waals surface area contributed by atoms with Gasteiger partial charge in [0.15, 0.2) is 23.0 Å². The Morgan fingerprint density at radius 1 is 0.974 bits per heavy atom. The maximum absolute atomic E-state index is 13.7. The van der Waals surface area contributed by atoms with Crippen molar-refractivity contribution in [3.05, 3.63) is 47.5 Å². The molecule has 0 spiro atoms. The van der Waals surface area contributed by atoms with Gasteiger partial charge in [-0.2, -0.15) is 0 Å². The van der Waals surface area contributed by atoms with E-state index in [4.69, 9.17) is 28.4 Å². The standard InChI is InChI=1S/C29H42N2O7/c1-20(2)31(29(32)21-11-12-24(34-4)26(15-21)37-14-8-13-33-3)18-23-16-30-17-27(23)38-19-22-9-7-10-25(35-5)28(22)36-6/h7,9-12,15,20,23,27,30H,8,13-14,16-19H2,1-6H3/t23-,27?/m0/s1. The summed E-state index contributed by atoms with van der Waals surface area (Å²) < 4.78 is 33.7. The molecule has 2 aromatic carbocycles. The number of methoxy groups -OCH3 is 4. The average molecular weight is 531 g/mol. The predicted octanol–water partition coefficient (Wildman–Crippen LogP) is 3.78. The summed E-state index contributed by atoms with van der Waals surface area (Å²) in [7, 11) is 6.50. The molecule has 0 aromatic heterocycles. The molecule has 0 aliphatic carbocycles. The number of carbonyl (C=O) groups excluding carboxylic acids is 1. The van der Waals surface area contributed by atoms with Crippen LogP contribution < -0.4 is 24.3 Å². The molecule has 1 fully saturated rings. The van der Waals surface area contributed by atoms with Crippen LogP contribution in [0.2, 0.25) is 0 Å². The van der Waals surface area contributed by atoms with E-state index in [1.54, 1.807) is 46.6 Å². The van der Waals surface area contributed by atoms with Gasteiger partial charge in [-0.05, 0) is 38.1 Å². The Hall–Kier alpha value is -3.01. The molecule has 9 heteroatoms. The molecule has 1 aliphatic heterocycles. The Kier molecular flexibility index (Phi) is 11.5. The monoisotopic (exact) mass is 530 g/mol. The van der Waals surface area contributed by atoms with E-state index in [1.165, 1.54) is 0 Å². The number of benzene rings is 2. The third-order valence-electron chi connectivity index (χ3n) is 6.69. The summed E-state index contributed by atoms with van der Waals surface area (Å²) in [4.78, 5) is 15.6. The van der Waals surface area contributed by atoms with Crippen molar-refractivity contribution in [3.8, 4) is 23.0 Å². The Morgan fingerprint density at radius 3 is 2.45 bits per heavy atom. The van der Waals surface area contributed by atoms with Crippen molar-refractivity contribution in [3.63, 3.8) is 0 Å². The van der Waals surface area contributed by atoms with Gasteiger partial charge in [0.1, 0.15) is 0 Å². The molecule has 2 aromatic rings. The highest BCUT2D eigenvalue weighted by Gasteiger charge is 2.32. The molecule has 1 saturated heterocycles. The number of hydrogen-bond acceptors (Lipinski definition) is 8. The van der Waals surface area contributed by atoms with Crippen molar-refractivity contribution in [1.82, 2.24) is 10.2 Å². The summed E-state index contributed by atoms with van der Waals surface area (Å²) in [5.74, 6) is 2.58. The Morgan fingerprint density at radius 2 is 1.76 bits per heavy atom. The van der Waals surface area contributed by atoms with E-state index in [1.807, 2.05) is 36.9 Å². The molecule has 0 saturated carbocycles. The second-order valence-corrected chi connectivity index (χ2v) is 9.53. The van der Waals surface area contributed by atoms with Crippen LogP contribution in [-0.4, -0.2) is 84.2 Å². The SMILES string of the molecule is COCCCOc1cc(C(=O)N(C[C@@H]2CNCC2OCc2cccc(OC)c2OC)C(C)C)ccc1OC. The molecule has 1 heterocycles. The average Bonchev–Trinajstić information content (AvgIpc) is 3.38. The van der Waals surface area contributed by atoms with Crippen LogP contribution in [0.5, 0.6) is 23.0 Å². The highest BCUT2D eigenvalue weighted by atomic mass is 16.5. The molecular weight excluding hydrogens is 488 g/mol. The molecule has 210 valence electrons. The first-order chi connectivity index (χ1) is 18.4. The molecule has 0 radical (unpaired) electrons. The minimum atomic E-state index is -0.0514. The lowest BCUT2D eigenvalue weighted by Gasteiger charge is -2.31. The number of hydrogen-bond donors (Lipinski definition) is 1. The number of nitrogens with one attached hydrogen (secondary N) is 1. The molecule has 1 N–H and O–H groups in total. The first-order valence-electron chi connectivity index (χ1n) is 13.1. The van der Waals surface area contributed by atoms with Gasteiger partial charge in [0.25, 0.3) is 5.91 Å². The van der Waals surface area contributed by atoms with Gasteiger partial charge in [0.2, 0.25) is 0 Å². The van der Waals surface area contributed by atoms with Gasteiger partial charge in [-0.3, -0.25) is 4.79 Å². The number of carbonyl (C=O) groups is 1. The van der Waals surface area contributed by atoms with Crippen LogP contribution >= 0.6 is 0 Å². The molecule has 38 heavy (non-hydrogen) atoms. The van der Waals surface area contributed by atoms with E-state index < -0.39 is 0 Å². The fourth-order valence-corrected chi connectivity index (χ4v) is 4.61. The normalized spacial score (nSPS) is 16.9. The third-order valence-corrected chi connectivity index (χ3v) is 6.69. The summed E-state index contributed by atoms with van der Waals surface area (Å²) >= 11 is 0. The van der Waals surface area contributed by atoms with E-state index in [0.717, 1.165) is 25.1 Å². The lowest BCUT2D eigenvalue weighted by atomic mass is 10.0. The van der Waals surface area contributed by atoms with Crippen molar-refractivity contribution in [2.24, 2.45) is 5.92 Å². The third kappa shape index (κ3) is 7.52. The Bertz CT molecular complexity index is 1030. The van der Waals surface area contributed by atoms with Crippen LogP contribution in [0, 0.1) is 5.92 Å². The van der Waals surface area contributed by atoms with Gasteiger partial charge in [-0.1, -0.05) is 12.1 Å². The van der Waals surface area contributed by atoms with Crippen molar-refractivity contribution >= 4 is 5.91 Å². The van der Waals surface area contributed by atoms with E-state index in [-0.39, 0.29) is 24.0 Å². The molecule has 3 rings (SSSR count). The summed E-state index contributed by atoms with van der Waals surface area (Å²) in [5.41, 5.74) is 1.48. The maximum Gasteiger partial charge on any atom is 0.254 e. The zero-order valence-corrected chi connectivity index (χ0v) is 23.5. The fourth-order valence-electron chi connectivity index (χ4n) is 4.61. The Balaban J connectivity index is 1.70. The number of para-hydroxylation sites is 1. The van der Waals surface area contributed by atoms with Crippen LogP contribution in [0.4, 0.5) is 0 Å². The molecule has 1 aliphatic rings. The second kappa shape index (κ2) is 14.8. The number of ether oxygens (including phenoxy) is 6. The van der Waals surface area contributed by atoms with E-state index in [2.05, 4.69) is 5.32 Å². The van der Waals surface area contributed by atoms with Crippen molar-refractivity contribution in [2.75, 3.05) is 61.3 Å². The van der Waals surface area contributed by atoms with Crippen LogP contribution in [-0.2, 0) is 16.1 Å². The van der Waals surface area contributed by atoms with Crippen LogP contribution in [0.1, 0.15) is 36.2 Å². The van der Waals surface area contributed by atoms with Gasteiger partial charge in [0, 0.05) is 62.9 Å². The zero-order valence-electron chi connectivity index (χ0n) is 23.5. The first-order valence-corrected chi connectivity index (χ1v) is 13.1. The molecular formula is C29H42N2O7. The van der Waals surface area contributed by atoms with Crippen molar-refractivity contribution in [1.29, 1.82) is 0 Å². The van der Waals surface area contributed by atoms with Gasteiger partial charge in [-0.25, -0.2) is 0 Å². The number of amides is 1. The zero-order chi connectivity index (χ0) is 27.5. The van der Waals surface area contributed by atoms with Crippen molar-refractivity contribution < 1.29 is 33.2 Å². The van der Waals surface area contributed by atoms with Gasteiger partial charge in [-0.15, -0.1) is 0 Å². The molecule has 1 unspecified atom stereocenters. The molecule has 2 atom stereocenters. The summed E-state index contributed by atoms with van der Waals surface area (Å²) in [6.45, 7) is 7.59. The topological polar surface area (TPSA) is 87.7 Å². The smallest absolute Gasteiger partial charge is 0.254 e. The Labute approximate surface area is 226 Å². The largest absolute Gasteiger partial charge is 0.493 e. The molecule has 1 amide bonds. The number of rotatable bonds is 15. The highest BCUT2D eigenvalue weighted by Crippen LogP contribution is 2.32. The fraction of sp³-hybridized carbons (Fsp3) is 0.552. The van der Waals surface area contributed by atoms with Crippen LogP contribution in [0.15, 0.2) is 36.4 Å². The minimum absolute atomic E-state index is 0.00963.